The number of rotatable bonds is 3. The topological polar surface area (TPSA) is 47.4 Å². The Balaban J connectivity index is 1.22. The van der Waals surface area contributed by atoms with Gasteiger partial charge in [0, 0.05) is 24.9 Å². The van der Waals surface area contributed by atoms with Gasteiger partial charge in [-0.3, -0.25) is 4.79 Å². The van der Waals surface area contributed by atoms with Gasteiger partial charge in [-0.1, -0.05) is 38.5 Å². The van der Waals surface area contributed by atoms with Crippen LogP contribution in [0, 0.1) is 34.5 Å². The lowest BCUT2D eigenvalue weighted by atomic mass is 9.44. The minimum Gasteiger partial charge on any atom is -0.347 e. The predicted molar refractivity (Wildman–Crippen MR) is 140 cm³/mol. The molecule has 5 nitrogen and oxygen atoms in total. The lowest BCUT2D eigenvalue weighted by Crippen LogP contribution is -2.57. The number of carbonyl (C=O) groups excluding carboxylic acids is 1. The third kappa shape index (κ3) is 3.51. The van der Waals surface area contributed by atoms with Gasteiger partial charge in [-0.2, -0.15) is 0 Å². The third-order valence-corrected chi connectivity index (χ3v) is 12.8. The Bertz CT molecular complexity index is 992. The molecule has 1 spiro atoms. The molecular formula is C29H45N3O2S. The predicted octanol–water partition coefficient (Wildman–Crippen LogP) is 6.28. The van der Waals surface area contributed by atoms with Crippen LogP contribution < -0.4 is 0 Å². The van der Waals surface area contributed by atoms with Gasteiger partial charge in [0.05, 0.1) is 17.9 Å². The van der Waals surface area contributed by atoms with Gasteiger partial charge in [0.25, 0.3) is 0 Å². The molecule has 0 radical (unpaired) electrons. The maximum absolute atomic E-state index is 13.5. The van der Waals surface area contributed by atoms with Gasteiger partial charge in [0.2, 0.25) is 5.91 Å². The molecule has 0 aromatic carbocycles. The van der Waals surface area contributed by atoms with Gasteiger partial charge >= 0.3 is 0 Å². The first-order chi connectivity index (χ1) is 16.6. The molecule has 6 heteroatoms. The van der Waals surface area contributed by atoms with Crippen LogP contribution in [0.5, 0.6) is 0 Å². The molecule has 194 valence electrons. The SMILES string of the molecule is Cn1ccnc1SCC(=O)N1C[C@@]2(CCC3C4CC[C@H]5CCCC[C@]5(C)C4CC[C@@]32C)OC1(C)C. The van der Waals surface area contributed by atoms with Gasteiger partial charge in [-0.15, -0.1) is 0 Å². The number of nitrogens with zero attached hydrogens (tertiary/aromatic N) is 3. The molecule has 1 saturated heterocycles. The van der Waals surface area contributed by atoms with Gasteiger partial charge in [0.15, 0.2) is 5.16 Å². The highest BCUT2D eigenvalue weighted by Gasteiger charge is 2.69. The first-order valence-corrected chi connectivity index (χ1v) is 15.2. The second kappa shape index (κ2) is 8.24. The number of imidazole rings is 1. The Labute approximate surface area is 216 Å². The molecule has 7 atom stereocenters. The van der Waals surface area contributed by atoms with Crippen LogP contribution in [0.4, 0.5) is 0 Å². The average molecular weight is 500 g/mol. The molecule has 1 aromatic rings. The number of ether oxygens (including phenoxy) is 1. The van der Waals surface area contributed by atoms with Crippen molar-refractivity contribution < 1.29 is 9.53 Å². The van der Waals surface area contributed by atoms with E-state index in [-0.39, 0.29) is 16.9 Å². The quantitative estimate of drug-likeness (QED) is 0.459. The monoisotopic (exact) mass is 499 g/mol. The lowest BCUT2D eigenvalue weighted by Gasteiger charge is -2.61. The van der Waals surface area contributed by atoms with E-state index in [0.29, 0.717) is 11.2 Å². The lowest BCUT2D eigenvalue weighted by molar-refractivity contribution is -0.188. The Kier molecular flexibility index (Phi) is 5.73. The normalized spacial score (nSPS) is 44.2. The zero-order chi connectivity index (χ0) is 24.6. The summed E-state index contributed by atoms with van der Waals surface area (Å²) in [4.78, 5) is 19.9. The van der Waals surface area contributed by atoms with Crippen molar-refractivity contribution in [3.05, 3.63) is 12.4 Å². The largest absolute Gasteiger partial charge is 0.347 e. The first kappa shape index (κ1) is 24.3. The van der Waals surface area contributed by atoms with Crippen LogP contribution in [0.1, 0.15) is 91.9 Å². The van der Waals surface area contributed by atoms with Gasteiger partial charge in [0.1, 0.15) is 5.72 Å². The number of amides is 1. The van der Waals surface area contributed by atoms with Crippen LogP contribution in [0.3, 0.4) is 0 Å². The number of thioether (sulfide) groups is 1. The molecule has 2 heterocycles. The summed E-state index contributed by atoms with van der Waals surface area (Å²) in [6.45, 7) is 10.2. The van der Waals surface area contributed by atoms with E-state index in [2.05, 4.69) is 37.6 Å². The molecule has 1 aliphatic heterocycles. The molecule has 35 heavy (non-hydrogen) atoms. The molecule has 4 saturated carbocycles. The van der Waals surface area contributed by atoms with Crippen molar-refractivity contribution in [2.24, 2.45) is 41.5 Å². The fraction of sp³-hybridized carbons (Fsp3) is 0.862. The summed E-state index contributed by atoms with van der Waals surface area (Å²) < 4.78 is 9.03. The van der Waals surface area contributed by atoms with Crippen molar-refractivity contribution >= 4 is 17.7 Å². The van der Waals surface area contributed by atoms with E-state index in [1.807, 2.05) is 17.8 Å². The van der Waals surface area contributed by atoms with Crippen molar-refractivity contribution in [1.82, 2.24) is 14.5 Å². The standard InChI is InChI=1S/C29H45N3O2S/c1-26(2)32(24(33)18-35-25-30-16-17-31(25)5)19-29(34-26)15-12-23-21-10-9-20-8-6-7-13-27(20,3)22(21)11-14-28(23,29)4/h16-17,20-23H,6-15,18-19H2,1-5H3/t20-,21?,22?,23?,27+,28+,29-/m1/s1. The number of hydrogen-bond donors (Lipinski definition) is 0. The Morgan fingerprint density at radius 2 is 1.86 bits per heavy atom. The highest BCUT2D eigenvalue weighted by atomic mass is 32.2. The van der Waals surface area contributed by atoms with Gasteiger partial charge in [-0.25, -0.2) is 4.98 Å². The van der Waals surface area contributed by atoms with E-state index in [4.69, 9.17) is 4.74 Å². The van der Waals surface area contributed by atoms with Crippen molar-refractivity contribution in [3.63, 3.8) is 0 Å². The van der Waals surface area contributed by atoms with E-state index in [1.54, 1.807) is 6.20 Å². The highest BCUT2D eigenvalue weighted by molar-refractivity contribution is 7.99. The molecule has 1 amide bonds. The van der Waals surface area contributed by atoms with E-state index in [1.165, 1.54) is 69.5 Å². The fourth-order valence-electron chi connectivity index (χ4n) is 9.91. The fourth-order valence-corrected chi connectivity index (χ4v) is 10.7. The minimum absolute atomic E-state index is 0.172. The summed E-state index contributed by atoms with van der Waals surface area (Å²) in [6, 6.07) is 0. The number of aromatic nitrogens is 2. The molecule has 1 aromatic heterocycles. The van der Waals surface area contributed by atoms with Crippen LogP contribution in [0.25, 0.3) is 0 Å². The Hall–Kier alpha value is -1.01. The summed E-state index contributed by atoms with van der Waals surface area (Å²) in [6.07, 6.45) is 17.4. The first-order valence-electron chi connectivity index (χ1n) is 14.2. The summed E-state index contributed by atoms with van der Waals surface area (Å²) in [5.41, 5.74) is -0.00948. The molecule has 4 aliphatic carbocycles. The smallest absolute Gasteiger partial charge is 0.235 e. The van der Waals surface area contributed by atoms with Crippen LogP contribution in [-0.4, -0.2) is 44.0 Å². The molecule has 0 N–H and O–H groups in total. The zero-order valence-electron chi connectivity index (χ0n) is 22.5. The number of hydrogen-bond acceptors (Lipinski definition) is 4. The summed E-state index contributed by atoms with van der Waals surface area (Å²) in [5.74, 6) is 4.05. The maximum atomic E-state index is 13.5. The molecule has 5 fully saturated rings. The Morgan fingerprint density at radius 1 is 1.06 bits per heavy atom. The number of aryl methyl sites for hydroxylation is 1. The van der Waals surface area contributed by atoms with Crippen LogP contribution in [0.2, 0.25) is 0 Å². The summed E-state index contributed by atoms with van der Waals surface area (Å²) in [5, 5.41) is 0.893. The summed E-state index contributed by atoms with van der Waals surface area (Å²) in [7, 11) is 1.98. The van der Waals surface area contributed by atoms with Crippen molar-refractivity contribution in [2.75, 3.05) is 12.3 Å². The van der Waals surface area contributed by atoms with Crippen LogP contribution in [0.15, 0.2) is 17.6 Å². The van der Waals surface area contributed by atoms with Crippen molar-refractivity contribution in [1.29, 1.82) is 0 Å². The van der Waals surface area contributed by atoms with E-state index in [9.17, 15) is 4.79 Å². The molecule has 0 bridgehead atoms. The van der Waals surface area contributed by atoms with Crippen molar-refractivity contribution in [2.45, 2.75) is 108 Å². The summed E-state index contributed by atoms with van der Waals surface area (Å²) >= 11 is 1.53. The minimum atomic E-state index is -0.555. The van der Waals surface area contributed by atoms with Gasteiger partial charge in [-0.05, 0) is 94.3 Å². The zero-order valence-corrected chi connectivity index (χ0v) is 23.3. The molecule has 5 aliphatic rings. The number of carbonyl (C=O) groups is 1. The Morgan fingerprint density at radius 3 is 2.63 bits per heavy atom. The van der Waals surface area contributed by atoms with E-state index < -0.39 is 5.72 Å². The van der Waals surface area contributed by atoms with Gasteiger partial charge < -0.3 is 14.2 Å². The second-order valence-electron chi connectivity index (χ2n) is 13.5. The van der Waals surface area contributed by atoms with Crippen molar-refractivity contribution in [3.8, 4) is 0 Å². The molecule has 6 rings (SSSR count). The second-order valence-corrected chi connectivity index (χ2v) is 14.5. The van der Waals surface area contributed by atoms with Crippen LogP contribution in [-0.2, 0) is 16.6 Å². The van der Waals surface area contributed by atoms with E-state index >= 15 is 0 Å². The number of fused-ring (bicyclic) bond motifs is 6. The molecule has 3 unspecified atom stereocenters. The van der Waals surface area contributed by atoms with E-state index in [0.717, 1.165) is 41.8 Å². The average Bonchev–Trinajstić information content (AvgIpc) is 3.44. The third-order valence-electron chi connectivity index (χ3n) is 11.8. The van der Waals surface area contributed by atoms with Crippen LogP contribution >= 0.6 is 11.8 Å². The highest BCUT2D eigenvalue weighted by Crippen LogP contribution is 2.70. The maximum Gasteiger partial charge on any atom is 0.235 e. The molecular weight excluding hydrogens is 454 g/mol.